The van der Waals surface area contributed by atoms with Crippen LogP contribution < -0.4 is 0 Å². The van der Waals surface area contributed by atoms with Crippen LogP contribution in [0, 0.1) is 5.82 Å². The Labute approximate surface area is 173 Å². The molecule has 0 spiro atoms. The average molecular weight is 442 g/mol. The summed E-state index contributed by atoms with van der Waals surface area (Å²) in [7, 11) is -3.53. The summed E-state index contributed by atoms with van der Waals surface area (Å²) >= 11 is 7.64. The minimum absolute atomic E-state index is 0.0335. The molecule has 0 radical (unpaired) electrons. The SMILES string of the molecule is CSCc1cc(F)cc2c(C(CCOS(C)(=O)=O)c3ccc(Cl)cc3)c[nH]c12. The number of benzene rings is 2. The summed E-state index contributed by atoms with van der Waals surface area (Å²) in [5.74, 6) is 0.230. The number of rotatable bonds is 8. The summed E-state index contributed by atoms with van der Waals surface area (Å²) in [5.41, 5.74) is 3.65. The maximum Gasteiger partial charge on any atom is 0.264 e. The van der Waals surface area contributed by atoms with Gasteiger partial charge in [0.15, 0.2) is 0 Å². The van der Waals surface area contributed by atoms with Crippen molar-refractivity contribution in [1.82, 2.24) is 4.98 Å². The van der Waals surface area contributed by atoms with Gasteiger partial charge in [0.1, 0.15) is 5.82 Å². The van der Waals surface area contributed by atoms with Crippen LogP contribution in [-0.2, 0) is 20.1 Å². The van der Waals surface area contributed by atoms with Crippen LogP contribution in [0.4, 0.5) is 4.39 Å². The molecule has 0 amide bonds. The van der Waals surface area contributed by atoms with E-state index in [1.54, 1.807) is 30.0 Å². The highest BCUT2D eigenvalue weighted by atomic mass is 35.5. The molecule has 0 aliphatic carbocycles. The minimum atomic E-state index is -3.53. The highest BCUT2D eigenvalue weighted by Crippen LogP contribution is 2.36. The summed E-state index contributed by atoms with van der Waals surface area (Å²) < 4.78 is 41.9. The van der Waals surface area contributed by atoms with E-state index in [1.165, 1.54) is 6.07 Å². The minimum Gasteiger partial charge on any atom is -0.361 e. The molecule has 0 aliphatic rings. The number of fused-ring (bicyclic) bond motifs is 1. The van der Waals surface area contributed by atoms with Gasteiger partial charge in [-0.3, -0.25) is 4.18 Å². The van der Waals surface area contributed by atoms with Gasteiger partial charge >= 0.3 is 0 Å². The van der Waals surface area contributed by atoms with E-state index in [-0.39, 0.29) is 18.3 Å². The molecule has 1 aromatic heterocycles. The molecule has 8 heteroatoms. The van der Waals surface area contributed by atoms with E-state index in [0.717, 1.165) is 33.8 Å². The van der Waals surface area contributed by atoms with Crippen LogP contribution >= 0.6 is 23.4 Å². The lowest BCUT2D eigenvalue weighted by Crippen LogP contribution is -2.09. The van der Waals surface area contributed by atoms with Crippen molar-refractivity contribution >= 4 is 44.4 Å². The van der Waals surface area contributed by atoms with Crippen molar-refractivity contribution in [3.05, 3.63) is 70.1 Å². The van der Waals surface area contributed by atoms with E-state index in [2.05, 4.69) is 4.98 Å². The molecule has 0 saturated heterocycles. The number of H-pyrrole nitrogens is 1. The van der Waals surface area contributed by atoms with Crippen LogP contribution in [0.2, 0.25) is 5.02 Å². The maximum absolute atomic E-state index is 14.3. The lowest BCUT2D eigenvalue weighted by Gasteiger charge is -2.17. The number of halogens is 2. The Morgan fingerprint density at radius 1 is 1.25 bits per heavy atom. The van der Waals surface area contributed by atoms with Crippen LogP contribution in [-0.4, -0.2) is 32.5 Å². The summed E-state index contributed by atoms with van der Waals surface area (Å²) in [6, 6.07) is 10.4. The Balaban J connectivity index is 2.05. The van der Waals surface area contributed by atoms with Crippen molar-refractivity contribution in [2.75, 3.05) is 19.1 Å². The fraction of sp³-hybridized carbons (Fsp3) is 0.300. The van der Waals surface area contributed by atoms with Crippen LogP contribution in [0.3, 0.4) is 0 Å². The van der Waals surface area contributed by atoms with Crippen LogP contribution in [0.1, 0.15) is 29.0 Å². The third-order valence-electron chi connectivity index (χ3n) is 4.52. The van der Waals surface area contributed by atoms with E-state index in [1.807, 2.05) is 24.6 Å². The second-order valence-electron chi connectivity index (χ2n) is 6.58. The first kappa shape index (κ1) is 21.2. The van der Waals surface area contributed by atoms with Gasteiger partial charge in [-0.05, 0) is 53.6 Å². The Hall–Kier alpha value is -1.54. The van der Waals surface area contributed by atoms with E-state index in [9.17, 15) is 12.8 Å². The summed E-state index contributed by atoms with van der Waals surface area (Å²) in [6.07, 6.45) is 5.30. The number of aromatic nitrogens is 1. The predicted octanol–water partition coefficient (Wildman–Crippen LogP) is 5.32. The summed E-state index contributed by atoms with van der Waals surface area (Å²) in [6.45, 7) is 0.0335. The molecular weight excluding hydrogens is 421 g/mol. The molecule has 3 aromatic rings. The first-order chi connectivity index (χ1) is 13.3. The lowest BCUT2D eigenvalue weighted by atomic mass is 9.88. The molecule has 0 saturated carbocycles. The fourth-order valence-electron chi connectivity index (χ4n) is 3.36. The number of hydrogen-bond donors (Lipinski definition) is 1. The van der Waals surface area contributed by atoms with Gasteiger partial charge in [0.25, 0.3) is 10.1 Å². The van der Waals surface area contributed by atoms with Crippen molar-refractivity contribution in [1.29, 1.82) is 0 Å². The lowest BCUT2D eigenvalue weighted by molar-refractivity contribution is 0.309. The molecule has 150 valence electrons. The van der Waals surface area contributed by atoms with Gasteiger partial charge in [0, 0.05) is 33.8 Å². The molecule has 2 aromatic carbocycles. The van der Waals surface area contributed by atoms with Gasteiger partial charge in [0.2, 0.25) is 0 Å². The van der Waals surface area contributed by atoms with Crippen LogP contribution in [0.25, 0.3) is 10.9 Å². The van der Waals surface area contributed by atoms with Gasteiger partial charge in [0.05, 0.1) is 12.9 Å². The van der Waals surface area contributed by atoms with Crippen LogP contribution in [0.15, 0.2) is 42.6 Å². The van der Waals surface area contributed by atoms with Crippen molar-refractivity contribution in [2.24, 2.45) is 0 Å². The van der Waals surface area contributed by atoms with Crippen molar-refractivity contribution in [3.8, 4) is 0 Å². The van der Waals surface area contributed by atoms with Crippen molar-refractivity contribution < 1.29 is 17.0 Å². The zero-order valence-electron chi connectivity index (χ0n) is 15.5. The van der Waals surface area contributed by atoms with Gasteiger partial charge in [-0.2, -0.15) is 20.2 Å². The van der Waals surface area contributed by atoms with Crippen molar-refractivity contribution in [3.63, 3.8) is 0 Å². The van der Waals surface area contributed by atoms with E-state index in [0.29, 0.717) is 17.2 Å². The molecular formula is C20H21ClFNO3S2. The van der Waals surface area contributed by atoms with E-state index in [4.69, 9.17) is 15.8 Å². The van der Waals surface area contributed by atoms with E-state index >= 15 is 0 Å². The number of nitrogens with one attached hydrogen (secondary N) is 1. The van der Waals surface area contributed by atoms with Gasteiger partial charge in [-0.25, -0.2) is 4.39 Å². The highest BCUT2D eigenvalue weighted by molar-refractivity contribution is 7.97. The van der Waals surface area contributed by atoms with Gasteiger partial charge < -0.3 is 4.98 Å². The summed E-state index contributed by atoms with van der Waals surface area (Å²) in [5, 5.41) is 1.41. The Kier molecular flexibility index (Phi) is 6.70. The Bertz CT molecular complexity index is 1060. The maximum atomic E-state index is 14.3. The topological polar surface area (TPSA) is 59.2 Å². The number of hydrogen-bond acceptors (Lipinski definition) is 4. The molecule has 0 aliphatic heterocycles. The average Bonchev–Trinajstić information content (AvgIpc) is 3.03. The number of thioether (sulfide) groups is 1. The summed E-state index contributed by atoms with van der Waals surface area (Å²) in [4.78, 5) is 3.27. The molecule has 1 N–H and O–H groups in total. The quantitative estimate of drug-likeness (QED) is 0.480. The molecule has 1 heterocycles. The monoisotopic (exact) mass is 441 g/mol. The fourth-order valence-corrected chi connectivity index (χ4v) is 4.42. The Morgan fingerprint density at radius 2 is 1.96 bits per heavy atom. The molecule has 4 nitrogen and oxygen atoms in total. The second-order valence-corrected chi connectivity index (χ2v) is 9.53. The molecule has 3 rings (SSSR count). The van der Waals surface area contributed by atoms with E-state index < -0.39 is 10.1 Å². The number of aromatic amines is 1. The van der Waals surface area contributed by atoms with Gasteiger partial charge in [-0.15, -0.1) is 0 Å². The molecule has 0 bridgehead atoms. The zero-order valence-corrected chi connectivity index (χ0v) is 17.9. The predicted molar refractivity (Wildman–Crippen MR) is 114 cm³/mol. The third kappa shape index (κ3) is 5.08. The molecule has 28 heavy (non-hydrogen) atoms. The largest absolute Gasteiger partial charge is 0.361 e. The first-order valence-electron chi connectivity index (χ1n) is 8.66. The van der Waals surface area contributed by atoms with Gasteiger partial charge in [-0.1, -0.05) is 23.7 Å². The molecule has 0 fully saturated rings. The normalized spacial score (nSPS) is 13.1. The molecule has 1 unspecified atom stereocenters. The van der Waals surface area contributed by atoms with Crippen LogP contribution in [0.5, 0.6) is 0 Å². The van der Waals surface area contributed by atoms with Crippen molar-refractivity contribution in [2.45, 2.75) is 18.1 Å². The Morgan fingerprint density at radius 3 is 2.61 bits per heavy atom. The highest BCUT2D eigenvalue weighted by Gasteiger charge is 2.21. The standard InChI is InChI=1S/C20H21ClFNO3S2/c1-27-12-14-9-16(22)10-18-19(11-23-20(14)18)17(7-8-26-28(2,24)25)13-3-5-15(21)6-4-13/h3-6,9-11,17,23H,7-8,12H2,1-2H3. The smallest absolute Gasteiger partial charge is 0.264 e. The zero-order chi connectivity index (χ0) is 20.3. The third-order valence-corrected chi connectivity index (χ3v) is 5.97. The molecule has 1 atom stereocenters. The second kappa shape index (κ2) is 8.86. The first-order valence-corrected chi connectivity index (χ1v) is 12.3.